The number of aliphatic hydroxyl groups excluding tert-OH is 1. The molecule has 0 aromatic heterocycles. The molecule has 2 aliphatic rings. The third kappa shape index (κ3) is 9.14. The molecule has 0 unspecified atom stereocenters. The van der Waals surface area contributed by atoms with Crippen molar-refractivity contribution in [2.75, 3.05) is 50.8 Å². The molecule has 3 amide bonds. The van der Waals surface area contributed by atoms with E-state index in [0.717, 1.165) is 47.1 Å². The van der Waals surface area contributed by atoms with E-state index in [-0.39, 0.29) is 37.4 Å². The van der Waals surface area contributed by atoms with Crippen molar-refractivity contribution >= 4 is 34.1 Å². The molecule has 3 N–H and O–H groups in total. The van der Waals surface area contributed by atoms with E-state index in [1.807, 2.05) is 74.5 Å². The number of benzene rings is 4. The van der Waals surface area contributed by atoms with Crippen LogP contribution in [0.5, 0.6) is 17.2 Å². The van der Waals surface area contributed by atoms with E-state index >= 15 is 0 Å². The second kappa shape index (κ2) is 17.1. The number of urea groups is 1. The first-order chi connectivity index (χ1) is 25.2. The molecule has 4 atom stereocenters. The van der Waals surface area contributed by atoms with Gasteiger partial charge in [-0.15, -0.1) is 0 Å². The van der Waals surface area contributed by atoms with E-state index in [9.17, 15) is 14.7 Å². The van der Waals surface area contributed by atoms with Gasteiger partial charge >= 0.3 is 6.03 Å². The van der Waals surface area contributed by atoms with Crippen LogP contribution in [0.1, 0.15) is 56.0 Å². The van der Waals surface area contributed by atoms with Crippen molar-refractivity contribution in [1.29, 1.82) is 0 Å². The van der Waals surface area contributed by atoms with Crippen molar-refractivity contribution in [3.8, 4) is 17.2 Å². The van der Waals surface area contributed by atoms with Gasteiger partial charge in [-0.1, -0.05) is 49.4 Å². The minimum Gasteiger partial charge on any atom is -0.490 e. The van der Waals surface area contributed by atoms with Gasteiger partial charge in [0.05, 0.1) is 36.1 Å². The molecule has 276 valence electrons. The molecule has 52 heavy (non-hydrogen) atoms. The SMILES string of the molecule is C[C@@H]1CN([C@H](C)CO)C(=O)c2cc(NC(=O)Nc3cccc4ccccc34)ccc2O[C@@H](C)CCCCO[C@@H]1CN(C)Cc1ccc2c(c1)OCO2. The monoisotopic (exact) mass is 710 g/mol. The molecule has 0 saturated carbocycles. The van der Waals surface area contributed by atoms with E-state index in [0.29, 0.717) is 48.9 Å². The first kappa shape index (κ1) is 36.9. The van der Waals surface area contributed by atoms with Gasteiger partial charge in [-0.05, 0) is 87.5 Å². The highest BCUT2D eigenvalue weighted by molar-refractivity contribution is 6.07. The van der Waals surface area contributed by atoms with Crippen LogP contribution in [-0.4, -0.2) is 85.2 Å². The van der Waals surface area contributed by atoms with Crippen LogP contribution in [0.25, 0.3) is 10.8 Å². The molecule has 2 aliphatic heterocycles. The zero-order valence-corrected chi connectivity index (χ0v) is 30.5. The number of anilines is 2. The number of carbonyl (C=O) groups is 2. The average Bonchev–Trinajstić information content (AvgIpc) is 3.61. The highest BCUT2D eigenvalue weighted by Crippen LogP contribution is 2.33. The Balaban J connectivity index is 1.22. The van der Waals surface area contributed by atoms with Gasteiger partial charge < -0.3 is 39.6 Å². The van der Waals surface area contributed by atoms with E-state index in [1.165, 1.54) is 0 Å². The lowest BCUT2D eigenvalue weighted by molar-refractivity contribution is -0.0177. The first-order valence-electron chi connectivity index (χ1n) is 18.2. The van der Waals surface area contributed by atoms with Crippen LogP contribution >= 0.6 is 0 Å². The molecule has 0 saturated heterocycles. The average molecular weight is 711 g/mol. The van der Waals surface area contributed by atoms with Gasteiger partial charge in [-0.2, -0.15) is 0 Å². The highest BCUT2D eigenvalue weighted by Gasteiger charge is 2.30. The molecular formula is C41H50N4O7. The van der Waals surface area contributed by atoms with Gasteiger partial charge in [0, 0.05) is 43.2 Å². The van der Waals surface area contributed by atoms with Gasteiger partial charge in [0.1, 0.15) is 5.75 Å². The smallest absolute Gasteiger partial charge is 0.323 e. The number of amides is 3. The Morgan fingerprint density at radius 3 is 2.60 bits per heavy atom. The summed E-state index contributed by atoms with van der Waals surface area (Å²) in [4.78, 5) is 31.7. The van der Waals surface area contributed by atoms with Crippen molar-refractivity contribution in [3.63, 3.8) is 0 Å². The molecule has 4 aromatic carbocycles. The number of carbonyl (C=O) groups excluding carboxylic acids is 2. The Morgan fingerprint density at radius 1 is 0.962 bits per heavy atom. The fourth-order valence-corrected chi connectivity index (χ4v) is 6.80. The summed E-state index contributed by atoms with van der Waals surface area (Å²) >= 11 is 0. The van der Waals surface area contributed by atoms with Gasteiger partial charge in [-0.3, -0.25) is 9.69 Å². The lowest BCUT2D eigenvalue weighted by Gasteiger charge is -2.36. The van der Waals surface area contributed by atoms with E-state index in [1.54, 1.807) is 23.1 Å². The van der Waals surface area contributed by atoms with Gasteiger partial charge in [0.2, 0.25) is 6.79 Å². The lowest BCUT2D eigenvalue weighted by Crippen LogP contribution is -2.47. The largest absolute Gasteiger partial charge is 0.490 e. The van der Waals surface area contributed by atoms with Crippen LogP contribution < -0.4 is 24.8 Å². The number of rotatable bonds is 8. The predicted molar refractivity (Wildman–Crippen MR) is 202 cm³/mol. The van der Waals surface area contributed by atoms with Gasteiger partial charge in [0.15, 0.2) is 11.5 Å². The molecule has 0 aliphatic carbocycles. The van der Waals surface area contributed by atoms with Gasteiger partial charge in [-0.25, -0.2) is 4.79 Å². The Kier molecular flexibility index (Phi) is 12.2. The maximum atomic E-state index is 14.5. The Bertz CT molecular complexity index is 1850. The number of likely N-dealkylation sites (N-methyl/N-ethyl adjacent to an activating group) is 1. The minimum absolute atomic E-state index is 0.0730. The fraction of sp³-hybridized carbons (Fsp3) is 0.415. The summed E-state index contributed by atoms with van der Waals surface area (Å²) in [5, 5.41) is 18.1. The van der Waals surface area contributed by atoms with Crippen molar-refractivity contribution < 1.29 is 33.6 Å². The van der Waals surface area contributed by atoms with Crippen LogP contribution in [0, 0.1) is 5.92 Å². The van der Waals surface area contributed by atoms with E-state index in [2.05, 4.69) is 29.5 Å². The summed E-state index contributed by atoms with van der Waals surface area (Å²) in [6.07, 6.45) is 2.22. The van der Waals surface area contributed by atoms with Crippen molar-refractivity contribution in [1.82, 2.24) is 9.80 Å². The molecule has 6 rings (SSSR count). The maximum Gasteiger partial charge on any atom is 0.323 e. The van der Waals surface area contributed by atoms with Crippen LogP contribution in [0.3, 0.4) is 0 Å². The van der Waals surface area contributed by atoms with Crippen LogP contribution in [0.15, 0.2) is 78.9 Å². The molecule has 11 nitrogen and oxygen atoms in total. The van der Waals surface area contributed by atoms with Gasteiger partial charge in [0.25, 0.3) is 5.91 Å². The zero-order chi connectivity index (χ0) is 36.6. The summed E-state index contributed by atoms with van der Waals surface area (Å²) in [6.45, 7) is 8.19. The lowest BCUT2D eigenvalue weighted by atomic mass is 10.0. The van der Waals surface area contributed by atoms with Crippen molar-refractivity contribution in [2.45, 2.75) is 64.8 Å². The summed E-state index contributed by atoms with van der Waals surface area (Å²) in [7, 11) is 2.06. The number of hydrogen-bond acceptors (Lipinski definition) is 8. The van der Waals surface area contributed by atoms with Crippen molar-refractivity contribution in [2.24, 2.45) is 5.92 Å². The zero-order valence-electron chi connectivity index (χ0n) is 30.5. The highest BCUT2D eigenvalue weighted by atomic mass is 16.7. The fourth-order valence-electron chi connectivity index (χ4n) is 6.80. The molecule has 0 bridgehead atoms. The summed E-state index contributed by atoms with van der Waals surface area (Å²) in [5.74, 6) is 1.58. The minimum atomic E-state index is -0.480. The molecule has 2 heterocycles. The van der Waals surface area contributed by atoms with Crippen LogP contribution in [0.2, 0.25) is 0 Å². The number of aliphatic hydroxyl groups is 1. The van der Waals surface area contributed by atoms with E-state index < -0.39 is 12.1 Å². The quantitative estimate of drug-likeness (QED) is 0.177. The summed E-state index contributed by atoms with van der Waals surface area (Å²) in [5.41, 5.74) is 2.54. The van der Waals surface area contributed by atoms with Crippen molar-refractivity contribution in [3.05, 3.63) is 90.0 Å². The Labute approximate surface area is 305 Å². The molecular weight excluding hydrogens is 660 g/mol. The molecule has 11 heteroatoms. The second-order valence-corrected chi connectivity index (χ2v) is 14.0. The number of nitrogens with one attached hydrogen (secondary N) is 2. The molecule has 0 radical (unpaired) electrons. The summed E-state index contributed by atoms with van der Waals surface area (Å²) < 4.78 is 24.0. The normalized spacial score (nSPS) is 20.2. The number of hydrogen-bond donors (Lipinski definition) is 3. The predicted octanol–water partition coefficient (Wildman–Crippen LogP) is 7.14. The number of nitrogens with zero attached hydrogens (tertiary/aromatic N) is 2. The summed E-state index contributed by atoms with van der Waals surface area (Å²) in [6, 6.07) is 23.8. The number of fused-ring (bicyclic) bond motifs is 3. The van der Waals surface area contributed by atoms with Crippen LogP contribution in [-0.2, 0) is 11.3 Å². The van der Waals surface area contributed by atoms with E-state index in [4.69, 9.17) is 18.9 Å². The van der Waals surface area contributed by atoms with Crippen LogP contribution in [0.4, 0.5) is 16.2 Å². The third-order valence-electron chi connectivity index (χ3n) is 9.73. The molecule has 0 spiro atoms. The first-order valence-corrected chi connectivity index (χ1v) is 18.2. The topological polar surface area (TPSA) is 122 Å². The Morgan fingerprint density at radius 2 is 1.75 bits per heavy atom. The second-order valence-electron chi connectivity index (χ2n) is 14.0. The maximum absolute atomic E-state index is 14.5. The Hall–Kier alpha value is -4.84. The molecule has 0 fully saturated rings. The standard InChI is InChI=1S/C41H50N4O7/c1-27-22-45(28(2)25-46)40(47)34-21-32(42-41(48)43-35-14-9-12-31-11-5-6-13-33(31)35)16-18-36(34)52-29(3)10-7-8-19-49-39(27)24-44(4)23-30-15-17-37-38(20-30)51-26-50-37/h5-6,9,11-18,20-21,27-29,39,46H,7-8,10,19,22-26H2,1-4H3,(H2,42,43,48)/t27-,28-,29+,39-/m1/s1. The third-order valence-corrected chi connectivity index (χ3v) is 9.73. The number of ether oxygens (including phenoxy) is 4. The molecule has 4 aromatic rings.